The maximum atomic E-state index is 12.6. The van der Waals surface area contributed by atoms with Gasteiger partial charge in [0, 0.05) is 19.6 Å². The molecule has 5 heteroatoms. The smallest absolute Gasteiger partial charge is 0.317 e. The lowest BCUT2D eigenvalue weighted by molar-refractivity contribution is 0.194. The van der Waals surface area contributed by atoms with Crippen LogP contribution in [0.15, 0.2) is 48.5 Å². The van der Waals surface area contributed by atoms with E-state index in [1.165, 1.54) is 0 Å². The van der Waals surface area contributed by atoms with Crippen molar-refractivity contribution >= 4 is 6.03 Å². The van der Waals surface area contributed by atoms with Crippen LogP contribution in [0.25, 0.3) is 0 Å². The molecular formula is C21H28N2O3. The summed E-state index contributed by atoms with van der Waals surface area (Å²) < 4.78 is 10.9. The second-order valence-electron chi connectivity index (χ2n) is 5.98. The summed E-state index contributed by atoms with van der Waals surface area (Å²) in [6.07, 6.45) is 0.914. The number of rotatable bonds is 9. The van der Waals surface area contributed by atoms with Crippen LogP contribution in [0, 0.1) is 0 Å². The van der Waals surface area contributed by atoms with Gasteiger partial charge in [-0.3, -0.25) is 0 Å². The molecule has 1 N–H and O–H groups in total. The fourth-order valence-corrected chi connectivity index (χ4v) is 2.71. The Bertz CT molecular complexity index is 689. The number of methoxy groups -OCH3 is 1. The highest BCUT2D eigenvalue weighted by Gasteiger charge is 2.13. The summed E-state index contributed by atoms with van der Waals surface area (Å²) in [5.41, 5.74) is 2.09. The highest BCUT2D eigenvalue weighted by Crippen LogP contribution is 2.28. The Morgan fingerprint density at radius 2 is 1.81 bits per heavy atom. The number of carbonyl (C=O) groups excluding carboxylic acids is 1. The van der Waals surface area contributed by atoms with Gasteiger partial charge in [-0.05, 0) is 36.6 Å². The Hall–Kier alpha value is -2.69. The van der Waals surface area contributed by atoms with Crippen molar-refractivity contribution in [2.45, 2.75) is 33.4 Å². The normalized spacial score (nSPS) is 10.3. The molecule has 0 aliphatic rings. The number of ether oxygens (including phenoxy) is 2. The Kier molecular flexibility index (Phi) is 7.80. The van der Waals surface area contributed by atoms with Crippen molar-refractivity contribution in [1.82, 2.24) is 10.2 Å². The molecule has 0 heterocycles. The van der Waals surface area contributed by atoms with Gasteiger partial charge in [0.2, 0.25) is 0 Å². The lowest BCUT2D eigenvalue weighted by atomic mass is 10.2. The molecule has 2 aromatic rings. The van der Waals surface area contributed by atoms with Gasteiger partial charge in [-0.15, -0.1) is 0 Å². The van der Waals surface area contributed by atoms with E-state index in [1.54, 1.807) is 7.11 Å². The van der Waals surface area contributed by atoms with E-state index in [0.29, 0.717) is 37.7 Å². The van der Waals surface area contributed by atoms with E-state index >= 15 is 0 Å². The maximum absolute atomic E-state index is 12.6. The second kappa shape index (κ2) is 10.3. The number of hydrogen-bond acceptors (Lipinski definition) is 3. The van der Waals surface area contributed by atoms with Crippen LogP contribution in [-0.2, 0) is 13.1 Å². The summed E-state index contributed by atoms with van der Waals surface area (Å²) in [5, 5.41) is 3.00. The van der Waals surface area contributed by atoms with Gasteiger partial charge in [-0.25, -0.2) is 4.79 Å². The highest BCUT2D eigenvalue weighted by atomic mass is 16.5. The summed E-state index contributed by atoms with van der Waals surface area (Å²) in [4.78, 5) is 14.4. The molecule has 2 rings (SSSR count). The van der Waals surface area contributed by atoms with E-state index in [2.05, 4.69) is 12.2 Å². The van der Waals surface area contributed by atoms with Crippen molar-refractivity contribution in [2.75, 3.05) is 20.3 Å². The summed E-state index contributed by atoms with van der Waals surface area (Å²) in [5.74, 6) is 1.38. The van der Waals surface area contributed by atoms with Crippen LogP contribution in [0.2, 0.25) is 0 Å². The van der Waals surface area contributed by atoms with Gasteiger partial charge in [-0.2, -0.15) is 0 Å². The average molecular weight is 356 g/mol. The van der Waals surface area contributed by atoms with E-state index in [1.807, 2.05) is 60.4 Å². The van der Waals surface area contributed by atoms with E-state index in [-0.39, 0.29) is 6.03 Å². The van der Waals surface area contributed by atoms with Crippen LogP contribution < -0.4 is 14.8 Å². The van der Waals surface area contributed by atoms with Gasteiger partial charge in [0.15, 0.2) is 11.5 Å². The number of nitrogens with zero attached hydrogens (tertiary/aromatic N) is 1. The molecule has 0 radical (unpaired) electrons. The molecule has 0 atom stereocenters. The van der Waals surface area contributed by atoms with Gasteiger partial charge >= 0.3 is 6.03 Å². The fourth-order valence-electron chi connectivity index (χ4n) is 2.71. The molecule has 0 unspecified atom stereocenters. The topological polar surface area (TPSA) is 50.8 Å². The molecule has 5 nitrogen and oxygen atoms in total. The molecule has 0 spiro atoms. The Labute approximate surface area is 155 Å². The Morgan fingerprint density at radius 1 is 1.04 bits per heavy atom. The van der Waals surface area contributed by atoms with Gasteiger partial charge < -0.3 is 19.7 Å². The van der Waals surface area contributed by atoms with Crippen molar-refractivity contribution in [3.63, 3.8) is 0 Å². The SMILES string of the molecule is CCCN(Cc1ccccc1)C(=O)NCc1ccc(OCC)c(OC)c1. The molecular weight excluding hydrogens is 328 g/mol. The van der Waals surface area contributed by atoms with Crippen molar-refractivity contribution in [3.05, 3.63) is 59.7 Å². The third-order valence-electron chi connectivity index (χ3n) is 3.97. The summed E-state index contributed by atoms with van der Waals surface area (Å²) in [7, 11) is 1.61. The molecule has 2 aromatic carbocycles. The third-order valence-corrected chi connectivity index (χ3v) is 3.97. The largest absolute Gasteiger partial charge is 0.493 e. The molecule has 0 saturated heterocycles. The number of carbonyl (C=O) groups is 1. The molecule has 0 fully saturated rings. The number of amides is 2. The van der Waals surface area contributed by atoms with Crippen LogP contribution in [-0.4, -0.2) is 31.2 Å². The van der Waals surface area contributed by atoms with Crippen LogP contribution in [0.3, 0.4) is 0 Å². The zero-order valence-corrected chi connectivity index (χ0v) is 15.8. The number of urea groups is 1. The first kappa shape index (κ1) is 19.6. The van der Waals surface area contributed by atoms with E-state index in [4.69, 9.17) is 9.47 Å². The fraction of sp³-hybridized carbons (Fsp3) is 0.381. The summed E-state index contributed by atoms with van der Waals surface area (Å²) in [6.45, 7) is 6.35. The standard InChI is InChI=1S/C21H28N2O3/c1-4-13-23(16-17-9-7-6-8-10-17)21(24)22-15-18-11-12-19(26-5-2)20(14-18)25-3/h6-12,14H,4-5,13,15-16H2,1-3H3,(H,22,24). The predicted octanol–water partition coefficient (Wildman–Crippen LogP) is 4.22. The lowest BCUT2D eigenvalue weighted by Gasteiger charge is -2.23. The van der Waals surface area contributed by atoms with Crippen molar-refractivity contribution in [2.24, 2.45) is 0 Å². The molecule has 0 aliphatic heterocycles. The lowest BCUT2D eigenvalue weighted by Crippen LogP contribution is -2.39. The molecule has 0 bridgehead atoms. The molecule has 140 valence electrons. The molecule has 0 saturated carbocycles. The van der Waals surface area contributed by atoms with E-state index < -0.39 is 0 Å². The number of benzene rings is 2. The first-order valence-electron chi connectivity index (χ1n) is 9.04. The first-order chi connectivity index (χ1) is 12.7. The van der Waals surface area contributed by atoms with Gasteiger partial charge in [0.1, 0.15) is 0 Å². The number of nitrogens with one attached hydrogen (secondary N) is 1. The van der Waals surface area contributed by atoms with Crippen LogP contribution in [0.4, 0.5) is 4.79 Å². The molecule has 0 aliphatic carbocycles. The van der Waals surface area contributed by atoms with Crippen LogP contribution in [0.1, 0.15) is 31.4 Å². The molecule has 26 heavy (non-hydrogen) atoms. The minimum Gasteiger partial charge on any atom is -0.493 e. The highest BCUT2D eigenvalue weighted by molar-refractivity contribution is 5.74. The van der Waals surface area contributed by atoms with Crippen molar-refractivity contribution in [3.8, 4) is 11.5 Å². The zero-order valence-electron chi connectivity index (χ0n) is 15.8. The zero-order chi connectivity index (χ0) is 18.8. The Balaban J connectivity index is 1.98. The van der Waals surface area contributed by atoms with Gasteiger partial charge in [0.25, 0.3) is 0 Å². The van der Waals surface area contributed by atoms with Crippen LogP contribution >= 0.6 is 0 Å². The average Bonchev–Trinajstić information content (AvgIpc) is 2.67. The quantitative estimate of drug-likeness (QED) is 0.732. The minimum absolute atomic E-state index is 0.0662. The van der Waals surface area contributed by atoms with Gasteiger partial charge in [-0.1, -0.05) is 43.3 Å². The van der Waals surface area contributed by atoms with Crippen LogP contribution in [0.5, 0.6) is 11.5 Å². The monoisotopic (exact) mass is 356 g/mol. The third kappa shape index (κ3) is 5.69. The van der Waals surface area contributed by atoms with E-state index in [9.17, 15) is 4.79 Å². The summed E-state index contributed by atoms with van der Waals surface area (Å²) in [6, 6.07) is 15.7. The van der Waals surface area contributed by atoms with E-state index in [0.717, 1.165) is 17.5 Å². The maximum Gasteiger partial charge on any atom is 0.317 e. The van der Waals surface area contributed by atoms with Gasteiger partial charge in [0.05, 0.1) is 13.7 Å². The second-order valence-corrected chi connectivity index (χ2v) is 5.98. The molecule has 0 aromatic heterocycles. The summed E-state index contributed by atoms with van der Waals surface area (Å²) >= 11 is 0. The van der Waals surface area contributed by atoms with Crippen molar-refractivity contribution < 1.29 is 14.3 Å². The predicted molar refractivity (Wildman–Crippen MR) is 104 cm³/mol. The van der Waals surface area contributed by atoms with Crippen molar-refractivity contribution in [1.29, 1.82) is 0 Å². The minimum atomic E-state index is -0.0662. The number of hydrogen-bond donors (Lipinski definition) is 1. The molecule has 2 amide bonds. The first-order valence-corrected chi connectivity index (χ1v) is 9.04. The Morgan fingerprint density at radius 3 is 2.46 bits per heavy atom.